The van der Waals surface area contributed by atoms with Crippen molar-refractivity contribution in [3.05, 3.63) is 77.6 Å². The molecular weight excluding hydrogens is 362 g/mol. The van der Waals surface area contributed by atoms with Gasteiger partial charge >= 0.3 is 0 Å². The van der Waals surface area contributed by atoms with Crippen LogP contribution in [0, 0.1) is 5.92 Å². The SMILES string of the molecule is CC(C)CC(=O)Nc1ncc(-c2ccc(CO)cc2)nc1CCc1ccccc1. The fourth-order valence-electron chi connectivity index (χ4n) is 3.09. The summed E-state index contributed by atoms with van der Waals surface area (Å²) in [6.45, 7) is 4.04. The molecule has 1 amide bonds. The lowest BCUT2D eigenvalue weighted by Crippen LogP contribution is -2.17. The van der Waals surface area contributed by atoms with E-state index < -0.39 is 0 Å². The molecule has 0 unspecified atom stereocenters. The van der Waals surface area contributed by atoms with Crippen LogP contribution >= 0.6 is 0 Å². The number of aliphatic hydroxyl groups is 1. The van der Waals surface area contributed by atoms with Crippen LogP contribution in [0.15, 0.2) is 60.8 Å². The molecule has 1 aromatic heterocycles. The molecule has 0 saturated heterocycles. The number of benzene rings is 2. The number of anilines is 1. The average Bonchev–Trinajstić information content (AvgIpc) is 2.73. The normalized spacial score (nSPS) is 10.9. The number of aromatic nitrogens is 2. The number of rotatable bonds is 8. The Bertz CT molecular complexity index is 938. The predicted octanol–water partition coefficient (Wildman–Crippen LogP) is 4.41. The summed E-state index contributed by atoms with van der Waals surface area (Å²) in [5.74, 6) is 0.762. The number of hydrogen-bond donors (Lipinski definition) is 2. The minimum Gasteiger partial charge on any atom is -0.392 e. The van der Waals surface area contributed by atoms with E-state index in [2.05, 4.69) is 22.4 Å². The summed E-state index contributed by atoms with van der Waals surface area (Å²) in [4.78, 5) is 21.6. The van der Waals surface area contributed by atoms with Gasteiger partial charge in [-0.25, -0.2) is 9.97 Å². The van der Waals surface area contributed by atoms with Gasteiger partial charge < -0.3 is 10.4 Å². The van der Waals surface area contributed by atoms with Gasteiger partial charge in [-0.1, -0.05) is 68.4 Å². The monoisotopic (exact) mass is 389 g/mol. The molecule has 3 aromatic rings. The van der Waals surface area contributed by atoms with Gasteiger partial charge in [0.05, 0.1) is 24.2 Å². The molecular formula is C24H27N3O2. The largest absolute Gasteiger partial charge is 0.392 e. The second-order valence-electron chi connectivity index (χ2n) is 7.54. The maximum Gasteiger partial charge on any atom is 0.225 e. The molecule has 150 valence electrons. The second-order valence-corrected chi connectivity index (χ2v) is 7.54. The molecule has 1 heterocycles. The Balaban J connectivity index is 1.86. The van der Waals surface area contributed by atoms with Gasteiger partial charge in [0.15, 0.2) is 5.82 Å². The molecule has 0 saturated carbocycles. The first kappa shape index (κ1) is 20.7. The van der Waals surface area contributed by atoms with Crippen LogP contribution in [0.2, 0.25) is 0 Å². The average molecular weight is 389 g/mol. The summed E-state index contributed by atoms with van der Waals surface area (Å²) in [6.07, 6.45) is 3.63. The van der Waals surface area contributed by atoms with Gasteiger partial charge in [-0.15, -0.1) is 0 Å². The zero-order valence-corrected chi connectivity index (χ0v) is 16.9. The van der Waals surface area contributed by atoms with Gasteiger partial charge in [-0.05, 0) is 29.9 Å². The van der Waals surface area contributed by atoms with Crippen LogP contribution in [0.3, 0.4) is 0 Å². The number of carbonyl (C=O) groups is 1. The molecule has 0 aliphatic heterocycles. The lowest BCUT2D eigenvalue weighted by molar-refractivity contribution is -0.116. The van der Waals surface area contributed by atoms with Crippen molar-refractivity contribution in [2.24, 2.45) is 5.92 Å². The highest BCUT2D eigenvalue weighted by Gasteiger charge is 2.13. The minimum absolute atomic E-state index is 0.00903. The number of aryl methyl sites for hydroxylation is 2. The van der Waals surface area contributed by atoms with Crippen LogP contribution in [0.5, 0.6) is 0 Å². The number of hydrogen-bond acceptors (Lipinski definition) is 4. The maximum absolute atomic E-state index is 12.3. The van der Waals surface area contributed by atoms with E-state index in [9.17, 15) is 9.90 Å². The zero-order valence-electron chi connectivity index (χ0n) is 16.9. The third-order valence-corrected chi connectivity index (χ3v) is 4.62. The van der Waals surface area contributed by atoms with Gasteiger partial charge in [-0.2, -0.15) is 0 Å². The van der Waals surface area contributed by atoms with Crippen LogP contribution in [0.1, 0.15) is 37.1 Å². The van der Waals surface area contributed by atoms with Gasteiger partial charge in [0, 0.05) is 12.0 Å². The quantitative estimate of drug-likeness (QED) is 0.599. The Morgan fingerprint density at radius 2 is 1.72 bits per heavy atom. The molecule has 29 heavy (non-hydrogen) atoms. The molecule has 0 fully saturated rings. The highest BCUT2D eigenvalue weighted by atomic mass is 16.3. The smallest absolute Gasteiger partial charge is 0.225 e. The van der Waals surface area contributed by atoms with Crippen molar-refractivity contribution in [3.63, 3.8) is 0 Å². The molecule has 3 rings (SSSR count). The minimum atomic E-state index is -0.0460. The van der Waals surface area contributed by atoms with E-state index in [1.54, 1.807) is 6.20 Å². The molecule has 0 aliphatic rings. The van der Waals surface area contributed by atoms with Crippen LogP contribution in [-0.4, -0.2) is 21.0 Å². The summed E-state index contributed by atoms with van der Waals surface area (Å²) in [5, 5.41) is 12.2. The molecule has 0 radical (unpaired) electrons. The standard InChI is InChI=1S/C24H27N3O2/c1-17(2)14-23(29)27-24-21(13-10-18-6-4-3-5-7-18)26-22(15-25-24)20-11-8-19(16-28)9-12-20/h3-9,11-12,15,17,28H,10,13-14,16H2,1-2H3,(H,25,27,29). The van der Waals surface area contributed by atoms with Crippen molar-refractivity contribution < 1.29 is 9.90 Å². The summed E-state index contributed by atoms with van der Waals surface area (Å²) in [7, 11) is 0. The third kappa shape index (κ3) is 5.96. The molecule has 0 atom stereocenters. The van der Waals surface area contributed by atoms with Gasteiger partial charge in [0.1, 0.15) is 0 Å². The fourth-order valence-corrected chi connectivity index (χ4v) is 3.09. The van der Waals surface area contributed by atoms with Gasteiger partial charge in [-0.3, -0.25) is 4.79 Å². The highest BCUT2D eigenvalue weighted by Crippen LogP contribution is 2.22. The van der Waals surface area contributed by atoms with Crippen LogP contribution < -0.4 is 5.32 Å². The first-order valence-electron chi connectivity index (χ1n) is 9.95. The van der Waals surface area contributed by atoms with Gasteiger partial charge in [0.25, 0.3) is 0 Å². The van der Waals surface area contributed by atoms with Crippen molar-refractivity contribution in [2.45, 2.75) is 39.7 Å². The van der Waals surface area contributed by atoms with Crippen LogP contribution in [0.4, 0.5) is 5.82 Å². The van der Waals surface area contributed by atoms with E-state index in [1.165, 1.54) is 5.56 Å². The van der Waals surface area contributed by atoms with Crippen molar-refractivity contribution in [1.82, 2.24) is 9.97 Å². The van der Waals surface area contributed by atoms with Crippen molar-refractivity contribution in [2.75, 3.05) is 5.32 Å². The van der Waals surface area contributed by atoms with Crippen molar-refractivity contribution in [1.29, 1.82) is 0 Å². The molecule has 2 N–H and O–H groups in total. The predicted molar refractivity (Wildman–Crippen MR) is 115 cm³/mol. The van der Waals surface area contributed by atoms with Crippen molar-refractivity contribution in [3.8, 4) is 11.3 Å². The van der Waals surface area contributed by atoms with E-state index in [0.717, 1.165) is 28.9 Å². The molecule has 2 aromatic carbocycles. The van der Waals surface area contributed by atoms with E-state index >= 15 is 0 Å². The van der Waals surface area contributed by atoms with E-state index in [4.69, 9.17) is 4.98 Å². The zero-order chi connectivity index (χ0) is 20.6. The Kier molecular flexibility index (Phi) is 7.09. The van der Waals surface area contributed by atoms with E-state index in [1.807, 2.05) is 56.3 Å². The summed E-state index contributed by atoms with van der Waals surface area (Å²) in [6, 6.07) is 17.8. The summed E-state index contributed by atoms with van der Waals surface area (Å²) in [5.41, 5.74) is 4.51. The highest BCUT2D eigenvalue weighted by molar-refractivity contribution is 5.90. The number of carbonyl (C=O) groups excluding carboxylic acids is 1. The first-order chi connectivity index (χ1) is 14.0. The second kappa shape index (κ2) is 9.94. The lowest BCUT2D eigenvalue weighted by Gasteiger charge is -2.12. The summed E-state index contributed by atoms with van der Waals surface area (Å²) >= 11 is 0. The lowest BCUT2D eigenvalue weighted by atomic mass is 10.1. The van der Waals surface area contributed by atoms with Gasteiger partial charge in [0.2, 0.25) is 5.91 Å². The van der Waals surface area contributed by atoms with Crippen molar-refractivity contribution >= 4 is 11.7 Å². The molecule has 0 spiro atoms. The van der Waals surface area contributed by atoms with E-state index in [-0.39, 0.29) is 18.4 Å². The van der Waals surface area contributed by atoms with Crippen LogP contribution in [0.25, 0.3) is 11.3 Å². The molecule has 5 nitrogen and oxygen atoms in total. The number of aliphatic hydroxyl groups excluding tert-OH is 1. The Hall–Kier alpha value is -3.05. The molecule has 0 bridgehead atoms. The number of nitrogens with one attached hydrogen (secondary N) is 1. The first-order valence-corrected chi connectivity index (χ1v) is 9.95. The molecule has 0 aliphatic carbocycles. The molecule has 5 heteroatoms. The summed E-state index contributed by atoms with van der Waals surface area (Å²) < 4.78 is 0. The number of amides is 1. The Morgan fingerprint density at radius 3 is 2.38 bits per heavy atom. The fraction of sp³-hybridized carbons (Fsp3) is 0.292. The Morgan fingerprint density at radius 1 is 1.00 bits per heavy atom. The Labute approximate surface area is 171 Å². The third-order valence-electron chi connectivity index (χ3n) is 4.62. The topological polar surface area (TPSA) is 75.1 Å². The maximum atomic E-state index is 12.3. The van der Waals surface area contributed by atoms with E-state index in [0.29, 0.717) is 18.7 Å². The number of nitrogens with zero attached hydrogens (tertiary/aromatic N) is 2. The van der Waals surface area contributed by atoms with Crippen LogP contribution in [-0.2, 0) is 24.2 Å².